The summed E-state index contributed by atoms with van der Waals surface area (Å²) < 4.78 is 4.95. The average Bonchev–Trinajstić information content (AvgIpc) is 3.97. The van der Waals surface area contributed by atoms with E-state index in [1.54, 1.807) is 0 Å². The summed E-state index contributed by atoms with van der Waals surface area (Å²) in [6.07, 6.45) is 0. The zero-order valence-electron chi connectivity index (χ0n) is 35.9. The van der Waals surface area contributed by atoms with E-state index in [4.69, 9.17) is 15.0 Å². The molecule has 0 atom stereocenters. The summed E-state index contributed by atoms with van der Waals surface area (Å²) in [6.45, 7) is 4.71. The van der Waals surface area contributed by atoms with Crippen molar-refractivity contribution >= 4 is 43.6 Å². The Morgan fingerprint density at radius 1 is 0.323 bits per heavy atom. The lowest BCUT2D eigenvalue weighted by Crippen LogP contribution is -2.15. The summed E-state index contributed by atoms with van der Waals surface area (Å²) in [5.74, 6) is 1.87. The molecule has 0 saturated heterocycles. The van der Waals surface area contributed by atoms with Gasteiger partial charge in [-0.3, -0.25) is 0 Å². The second-order valence-electron chi connectivity index (χ2n) is 17.6. The molecule has 12 aromatic rings. The molecule has 65 heavy (non-hydrogen) atoms. The van der Waals surface area contributed by atoms with Crippen molar-refractivity contribution < 1.29 is 0 Å². The van der Waals surface area contributed by atoms with Gasteiger partial charge in [-0.25, -0.2) is 15.0 Å². The van der Waals surface area contributed by atoms with E-state index in [2.05, 4.69) is 211 Å². The fourth-order valence-electron chi connectivity index (χ4n) is 10.4. The molecule has 0 saturated carbocycles. The lowest BCUT2D eigenvalue weighted by Gasteiger charge is -2.22. The van der Waals surface area contributed by atoms with Crippen LogP contribution in [0, 0.1) is 0 Å². The highest BCUT2D eigenvalue weighted by atomic mass is 15.1. The molecule has 0 unspecified atom stereocenters. The SMILES string of the molecule is CC1(C)c2ccccc2-c2ccc(-n3c4ccccc4c4ccc5c6ccccc6n(-c6cccc(-c7nc(-c8ccccc8)nc(-c8ccc(-c9ccccc9)cc8)n7)c6)c5c43)cc21. The van der Waals surface area contributed by atoms with Crippen molar-refractivity contribution in [2.45, 2.75) is 19.3 Å². The van der Waals surface area contributed by atoms with E-state index < -0.39 is 0 Å². The van der Waals surface area contributed by atoms with Crippen molar-refractivity contribution in [3.8, 4) is 67.8 Å². The van der Waals surface area contributed by atoms with Gasteiger partial charge < -0.3 is 9.13 Å². The highest BCUT2D eigenvalue weighted by Crippen LogP contribution is 2.50. The first kappa shape index (κ1) is 37.2. The number of benzene rings is 9. The first-order valence-electron chi connectivity index (χ1n) is 22.3. The number of aromatic nitrogens is 5. The van der Waals surface area contributed by atoms with Crippen LogP contribution in [0.25, 0.3) is 111 Å². The second kappa shape index (κ2) is 14.3. The Hall–Kier alpha value is -8.41. The fraction of sp³-hybridized carbons (Fsp3) is 0.0500. The fourth-order valence-corrected chi connectivity index (χ4v) is 10.4. The number of fused-ring (bicyclic) bond motifs is 10. The maximum atomic E-state index is 5.20. The molecule has 0 N–H and O–H groups in total. The van der Waals surface area contributed by atoms with Crippen LogP contribution >= 0.6 is 0 Å². The number of para-hydroxylation sites is 2. The predicted octanol–water partition coefficient (Wildman–Crippen LogP) is 15.0. The van der Waals surface area contributed by atoms with Crippen LogP contribution in [0.2, 0.25) is 0 Å². The van der Waals surface area contributed by atoms with E-state index in [9.17, 15) is 0 Å². The van der Waals surface area contributed by atoms with E-state index in [1.165, 1.54) is 60.4 Å². The number of rotatable bonds is 6. The topological polar surface area (TPSA) is 48.5 Å². The van der Waals surface area contributed by atoms with Gasteiger partial charge in [-0.1, -0.05) is 190 Å². The zero-order chi connectivity index (χ0) is 43.2. The maximum absolute atomic E-state index is 5.20. The smallest absolute Gasteiger partial charge is 0.164 e. The highest BCUT2D eigenvalue weighted by Gasteiger charge is 2.35. The molecule has 0 radical (unpaired) electrons. The van der Waals surface area contributed by atoms with Crippen molar-refractivity contribution in [1.82, 2.24) is 24.1 Å². The number of nitrogens with zero attached hydrogens (tertiary/aromatic N) is 5. The van der Waals surface area contributed by atoms with Gasteiger partial charge in [0.15, 0.2) is 17.5 Å². The van der Waals surface area contributed by atoms with E-state index in [1.807, 2.05) is 24.3 Å². The maximum Gasteiger partial charge on any atom is 0.164 e. The number of hydrogen-bond donors (Lipinski definition) is 0. The average molecular weight is 832 g/mol. The Kier molecular flexibility index (Phi) is 8.18. The molecular weight excluding hydrogens is 791 g/mol. The van der Waals surface area contributed by atoms with Gasteiger partial charge in [-0.2, -0.15) is 0 Å². The molecule has 3 heterocycles. The molecular formula is C60H41N5. The summed E-state index contributed by atoms with van der Waals surface area (Å²) in [6, 6.07) is 76.0. The van der Waals surface area contributed by atoms with Crippen LogP contribution in [0.5, 0.6) is 0 Å². The van der Waals surface area contributed by atoms with Gasteiger partial charge >= 0.3 is 0 Å². The van der Waals surface area contributed by atoms with Gasteiger partial charge in [0, 0.05) is 55.0 Å². The van der Waals surface area contributed by atoms with Crippen LogP contribution in [0.4, 0.5) is 0 Å². The predicted molar refractivity (Wildman–Crippen MR) is 268 cm³/mol. The Bertz CT molecular complexity index is 3840. The Morgan fingerprint density at radius 2 is 0.785 bits per heavy atom. The normalized spacial score (nSPS) is 12.9. The zero-order valence-corrected chi connectivity index (χ0v) is 35.9. The van der Waals surface area contributed by atoms with Crippen LogP contribution in [0.15, 0.2) is 212 Å². The molecule has 3 aromatic heterocycles. The summed E-state index contributed by atoms with van der Waals surface area (Å²) in [5.41, 5.74) is 17.1. The van der Waals surface area contributed by atoms with Gasteiger partial charge in [0.05, 0.1) is 22.1 Å². The van der Waals surface area contributed by atoms with Gasteiger partial charge in [-0.15, -0.1) is 0 Å². The molecule has 0 bridgehead atoms. The monoisotopic (exact) mass is 831 g/mol. The minimum atomic E-state index is -0.133. The van der Waals surface area contributed by atoms with Crippen molar-refractivity contribution in [2.75, 3.05) is 0 Å². The van der Waals surface area contributed by atoms with Gasteiger partial charge in [0.2, 0.25) is 0 Å². The third-order valence-electron chi connectivity index (χ3n) is 13.6. The highest BCUT2D eigenvalue weighted by molar-refractivity contribution is 6.23. The first-order chi connectivity index (χ1) is 32.0. The minimum Gasteiger partial charge on any atom is -0.307 e. The molecule has 13 rings (SSSR count). The van der Waals surface area contributed by atoms with E-state index in [0.29, 0.717) is 17.5 Å². The molecule has 5 nitrogen and oxygen atoms in total. The third kappa shape index (κ3) is 5.75. The quantitative estimate of drug-likeness (QED) is 0.168. The van der Waals surface area contributed by atoms with Gasteiger partial charge in [-0.05, 0) is 69.8 Å². The molecule has 306 valence electrons. The second-order valence-corrected chi connectivity index (χ2v) is 17.6. The van der Waals surface area contributed by atoms with E-state index >= 15 is 0 Å². The molecule has 0 spiro atoms. The summed E-state index contributed by atoms with van der Waals surface area (Å²) >= 11 is 0. The third-order valence-corrected chi connectivity index (χ3v) is 13.6. The number of hydrogen-bond acceptors (Lipinski definition) is 3. The van der Waals surface area contributed by atoms with Gasteiger partial charge in [0.1, 0.15) is 0 Å². The molecule has 1 aliphatic rings. The standard InChI is InChI=1S/C60H41N5/c1-60(2)51-25-12-9-22-45(51)46-33-32-44(37-52(46)60)65-54-27-14-11-24-48(54)50-35-34-49-47-23-10-13-26-53(47)64(55(49)56(50)65)43-21-15-20-42(36-43)59-62-57(40-18-7-4-8-19-40)61-58(63-59)41-30-28-39(29-31-41)38-16-5-3-6-17-38/h3-37H,1-2H3. The van der Waals surface area contributed by atoms with Crippen LogP contribution < -0.4 is 0 Å². The summed E-state index contributed by atoms with van der Waals surface area (Å²) in [4.78, 5) is 15.4. The van der Waals surface area contributed by atoms with Crippen molar-refractivity contribution in [3.05, 3.63) is 223 Å². The minimum absolute atomic E-state index is 0.133. The lowest BCUT2D eigenvalue weighted by atomic mass is 9.82. The van der Waals surface area contributed by atoms with Gasteiger partial charge in [0.25, 0.3) is 0 Å². The van der Waals surface area contributed by atoms with Crippen LogP contribution in [-0.2, 0) is 5.41 Å². The van der Waals surface area contributed by atoms with E-state index in [-0.39, 0.29) is 5.41 Å². The molecule has 1 aliphatic carbocycles. The van der Waals surface area contributed by atoms with Crippen LogP contribution in [0.3, 0.4) is 0 Å². The Morgan fingerprint density at radius 3 is 1.43 bits per heavy atom. The van der Waals surface area contributed by atoms with E-state index in [0.717, 1.165) is 44.7 Å². The molecule has 9 aromatic carbocycles. The van der Waals surface area contributed by atoms with Crippen molar-refractivity contribution in [2.24, 2.45) is 0 Å². The van der Waals surface area contributed by atoms with Crippen LogP contribution in [0.1, 0.15) is 25.0 Å². The molecule has 0 fully saturated rings. The molecule has 5 heteroatoms. The van der Waals surface area contributed by atoms with Crippen LogP contribution in [-0.4, -0.2) is 24.1 Å². The van der Waals surface area contributed by atoms with Crippen molar-refractivity contribution in [1.29, 1.82) is 0 Å². The largest absolute Gasteiger partial charge is 0.307 e. The van der Waals surface area contributed by atoms with Crippen molar-refractivity contribution in [3.63, 3.8) is 0 Å². The Labute approximate surface area is 376 Å². The molecule has 0 amide bonds. The summed E-state index contributed by atoms with van der Waals surface area (Å²) in [5, 5.41) is 4.83. The molecule has 0 aliphatic heterocycles. The Balaban J connectivity index is 1.03. The lowest BCUT2D eigenvalue weighted by molar-refractivity contribution is 0.660. The summed E-state index contributed by atoms with van der Waals surface area (Å²) in [7, 11) is 0. The first-order valence-corrected chi connectivity index (χ1v) is 22.3.